The zero-order valence-electron chi connectivity index (χ0n) is 54.7. The molecule has 97 heavy (non-hydrogen) atoms. The summed E-state index contributed by atoms with van der Waals surface area (Å²) in [4.78, 5) is 76.2. The van der Waals surface area contributed by atoms with Gasteiger partial charge < -0.3 is 50.5 Å². The molecule has 580 valence electrons. The third kappa shape index (κ3) is 43.7. The number of rotatable bonds is 14. The monoisotopic (exact) mass is 1700 g/mol. The topological polar surface area (TPSA) is 520 Å². The second kappa shape index (κ2) is 50.3. The summed E-state index contributed by atoms with van der Waals surface area (Å²) in [5.41, 5.74) is 0. The maximum atomic E-state index is 11.4. The van der Waals surface area contributed by atoms with Crippen molar-refractivity contribution in [1.82, 2.24) is 52.2 Å². The number of halogens is 7. The van der Waals surface area contributed by atoms with Crippen LogP contribution in [0.25, 0.3) is 0 Å². The quantitative estimate of drug-likeness (QED) is 0.0397. The van der Waals surface area contributed by atoms with Crippen molar-refractivity contribution in [2.45, 2.75) is 140 Å². The Bertz CT molecular complexity index is 2920. The number of aliphatic hydroxyl groups is 1. The molecular weight excluding hydrogens is 1610 g/mol. The number of hydrogen-bond donors (Lipinski definition) is 9. The van der Waals surface area contributed by atoms with Gasteiger partial charge in [-0.15, -0.1) is 0 Å². The Morgan fingerprint density at radius 1 is 0.464 bits per heavy atom. The second-order valence-electron chi connectivity index (χ2n) is 19.4. The van der Waals surface area contributed by atoms with Crippen molar-refractivity contribution in [2.24, 2.45) is 0 Å². The molecule has 11 N–H and O–H groups in total. The van der Waals surface area contributed by atoms with Gasteiger partial charge in [0.25, 0.3) is 30.6 Å². The normalized spacial score (nSPS) is 23.2. The predicted molar refractivity (Wildman–Crippen MR) is 376 cm³/mol. The minimum absolute atomic E-state index is 0. The van der Waals surface area contributed by atoms with Gasteiger partial charge in [0.15, 0.2) is 0 Å². The summed E-state index contributed by atoms with van der Waals surface area (Å²) in [5.74, 6) is -3.59. The van der Waals surface area contributed by atoms with E-state index in [1.54, 1.807) is 4.67 Å². The van der Waals surface area contributed by atoms with Crippen molar-refractivity contribution in [3.8, 4) is 0 Å². The number of carboxylic acids is 2. The molecule has 0 aliphatic carbocycles. The van der Waals surface area contributed by atoms with Gasteiger partial charge in [0.2, 0.25) is 0 Å². The number of aliphatic carboxylic acids is 2. The Hall–Kier alpha value is -1.16. The van der Waals surface area contributed by atoms with Gasteiger partial charge in [-0.25, -0.2) is 14.2 Å². The molecule has 9 atom stereocenters. The summed E-state index contributed by atoms with van der Waals surface area (Å²) in [5, 5.41) is 27.3. The number of methoxy groups -OCH3 is 5. The van der Waals surface area contributed by atoms with Crippen molar-refractivity contribution in [3.05, 3.63) is 0 Å². The minimum Gasteiger partial charge on any atom is -0.480 e. The number of ether oxygens (including phenoxy) is 5. The zero-order valence-corrected chi connectivity index (χ0v) is 66.3. The third-order valence-corrected chi connectivity index (χ3v) is 20.9. The van der Waals surface area contributed by atoms with E-state index in [0.29, 0.717) is 64.5 Å². The van der Waals surface area contributed by atoms with Crippen LogP contribution in [-0.2, 0) is 106 Å². The maximum Gasteiger partial charge on any atom is 0.353 e. The van der Waals surface area contributed by atoms with E-state index in [0.717, 1.165) is 82.5 Å². The molecule has 7 saturated heterocycles. The van der Waals surface area contributed by atoms with E-state index < -0.39 is 107 Å². The van der Waals surface area contributed by atoms with E-state index in [1.165, 1.54) is 56.7 Å². The molecule has 37 nitrogen and oxygen atoms in total. The molecule has 0 radical (unpaired) electrons. The smallest absolute Gasteiger partial charge is 0.353 e. The van der Waals surface area contributed by atoms with E-state index >= 15 is 0 Å². The van der Waals surface area contributed by atoms with Crippen LogP contribution in [0, 0.1) is 0 Å². The van der Waals surface area contributed by atoms with Crippen LogP contribution in [0.1, 0.15) is 97.3 Å². The van der Waals surface area contributed by atoms with Crippen molar-refractivity contribution in [3.63, 3.8) is 0 Å². The Kier molecular flexibility index (Phi) is 53.0. The SMILES string of the molecule is C.CNS(=O)(=O)N1CCCC1C(=O)O.CNS(=O)(=O)N1CCCC1C(=O)OC.CNS(=O)(=O)N1CCCC1C(=O)OC.CO.COC(=O)C1CCCN1.COC(=O)C1CCCN1P.COC(=O)C1CCCN1S(=O)(=O)Cl.ClP(Cl)(Cl)(Cl)Cl.O=C(O)C1CCCN1P.O=S(=O)(O)Cl.[2H]N. The van der Waals surface area contributed by atoms with Crippen molar-refractivity contribution < 1.29 is 121 Å². The van der Waals surface area contributed by atoms with E-state index in [2.05, 4.69) is 78.8 Å². The van der Waals surface area contributed by atoms with Gasteiger partial charge in [-0.3, -0.25) is 47.5 Å². The molecule has 0 spiro atoms. The Labute approximate surface area is 608 Å². The molecule has 0 aromatic heterocycles. The van der Waals surface area contributed by atoms with Crippen LogP contribution in [0.4, 0.5) is 0 Å². The summed E-state index contributed by atoms with van der Waals surface area (Å²) >= 11 is 24.9. The average molecular weight is 1710 g/mol. The van der Waals surface area contributed by atoms with Crippen LogP contribution in [0.3, 0.4) is 0 Å². The Balaban J connectivity index is -0.000000333. The fourth-order valence-corrected chi connectivity index (χ4v) is 14.7. The standard InChI is InChI=1S/2C7H14N2O4S.C6H10ClNO4S.C6H12N2O4S.C6H12NO2P.C6H11NO2.C5H10NO2P.CH4O.CH4.Cl5P.ClHO3S.H3N/c2*1-8-14(11,12)9-5-3-4-6(9)7(10)13-2;1-12-6(9)5-3-2-4-8(5)13(7,10)11;1-7-13(11,12)8-4-2-3-5(8)6(9)10;1-9-6(8)5-3-2-4-7(5)10;1-9-6(8)5-3-2-4-7-5;7-5(8)4-2-1-3-6(4)9;1-2;;1-6(2,3,4)5;1-5(2,3)4;/h2*6,8H,3-5H2,1-2H3;5H,2-4H2,1H3;5,7H,2-4H2,1H3,(H,9,10);5H,2-4,10H2,1H3;5,7H,2-4H2,1H3;4H,1-3,9H2,(H,7,8);2H,1H3;1H4;;(H,2,3,4);1H3/i/hD. The molecule has 7 rings (SSSR count). The molecule has 52 heteroatoms. The first-order chi connectivity index (χ1) is 44.5. The Morgan fingerprint density at radius 3 is 0.928 bits per heavy atom. The number of aliphatic hydroxyl groups excluding tert-OH is 1. The molecule has 7 heterocycles. The average Bonchev–Trinajstić information content (AvgIpc) is 1.68. The molecule has 0 aromatic carbocycles. The number of hydrogen-bond acceptors (Lipinski definition) is 27. The third-order valence-electron chi connectivity index (χ3n) is 13.4. The van der Waals surface area contributed by atoms with Crippen LogP contribution in [-0.4, -0.2) is 282 Å². The number of carbonyl (C=O) groups is 7. The number of carbonyl (C=O) groups excluding carboxylic acids is 5. The van der Waals surface area contributed by atoms with Gasteiger partial charge in [0.1, 0.15) is 43.7 Å². The molecule has 7 aliphatic rings. The van der Waals surface area contributed by atoms with Crippen LogP contribution >= 0.6 is 99.7 Å². The van der Waals surface area contributed by atoms with E-state index in [4.69, 9.17) is 96.6 Å². The molecule has 0 saturated carbocycles. The largest absolute Gasteiger partial charge is 0.480 e. The van der Waals surface area contributed by atoms with Gasteiger partial charge in [0, 0.05) is 88.9 Å². The van der Waals surface area contributed by atoms with Gasteiger partial charge in [-0.2, -0.15) is 59.3 Å². The summed E-state index contributed by atoms with van der Waals surface area (Å²) < 4.78 is 154. The first-order valence-electron chi connectivity index (χ1n) is 28.3. The molecule has 0 bridgehead atoms. The van der Waals surface area contributed by atoms with Crippen LogP contribution in [0.5, 0.6) is 0 Å². The van der Waals surface area contributed by atoms with E-state index in [9.17, 15) is 67.2 Å². The molecule has 9 unspecified atom stereocenters. The van der Waals surface area contributed by atoms with Gasteiger partial charge in [-0.05, 0) is 96.4 Å². The fraction of sp³-hybridized carbons (Fsp3) is 0.844. The van der Waals surface area contributed by atoms with Gasteiger partial charge in [-0.1, -0.05) is 26.2 Å². The predicted octanol–water partition coefficient (Wildman–Crippen LogP) is 2.68. The Morgan fingerprint density at radius 2 is 0.701 bits per heavy atom. The summed E-state index contributed by atoms with van der Waals surface area (Å²) in [7, 11) is 7.03. The summed E-state index contributed by atoms with van der Waals surface area (Å²) in [6.45, 7) is 4.10. The minimum atomic E-state index is -4.19. The van der Waals surface area contributed by atoms with Crippen LogP contribution in [0.2, 0.25) is 1.41 Å². The first kappa shape index (κ1) is 102. The van der Waals surface area contributed by atoms with Crippen molar-refractivity contribution in [2.75, 3.05) is 110 Å². The number of carboxylic acid groups (broad SMARTS) is 2. The maximum absolute atomic E-state index is 11.4. The number of nitrogens with zero attached hydrogens (tertiary/aromatic N) is 6. The second-order valence-corrected chi connectivity index (χ2v) is 47.3. The van der Waals surface area contributed by atoms with Crippen molar-refractivity contribution in [1.29, 1.82) is 0 Å². The zero-order chi connectivity index (χ0) is 76.7. The number of nitrogens with one attached hydrogen (secondary N) is 4. The van der Waals surface area contributed by atoms with E-state index in [1.807, 2.05) is 4.67 Å². The number of esters is 5. The summed E-state index contributed by atoms with van der Waals surface area (Å²) in [6, 6.07) is -3.29. The molecule has 0 aromatic rings. The van der Waals surface area contributed by atoms with Gasteiger partial charge in [0.05, 0.1) is 35.5 Å². The first-order valence-corrected chi connectivity index (χ1v) is 44.4. The summed E-state index contributed by atoms with van der Waals surface area (Å²) in [6.07, 6.45) is 14.0. The van der Waals surface area contributed by atoms with E-state index in [-0.39, 0.29) is 50.6 Å². The molecular formula is C45H95Cl7N11O26P3S5. The molecule has 0 amide bonds. The van der Waals surface area contributed by atoms with Gasteiger partial charge >= 0.3 is 120 Å². The van der Waals surface area contributed by atoms with Crippen molar-refractivity contribution >= 4 is 191 Å². The van der Waals surface area contributed by atoms with Crippen LogP contribution < -0.4 is 25.6 Å². The molecule has 7 fully saturated rings. The molecule has 7 aliphatic heterocycles. The fourth-order valence-electron chi connectivity index (χ4n) is 9.06. The van der Waals surface area contributed by atoms with Crippen LogP contribution in [0.15, 0.2) is 0 Å².